The molecule has 7 nitrogen and oxygen atoms in total. The molecule has 2 atom stereocenters. The van der Waals surface area contributed by atoms with Gasteiger partial charge in [0.25, 0.3) is 5.91 Å². The number of rotatable bonds is 3. The molecule has 2 amide bonds. The molecule has 0 spiro atoms. The first-order valence-corrected chi connectivity index (χ1v) is 11.1. The zero-order valence-corrected chi connectivity index (χ0v) is 18.7. The molecule has 2 aliphatic rings. The second-order valence-electron chi connectivity index (χ2n) is 7.22. The van der Waals surface area contributed by atoms with E-state index >= 15 is 0 Å². The molecule has 0 saturated carbocycles. The highest BCUT2D eigenvalue weighted by atomic mass is 127. The van der Waals surface area contributed by atoms with Gasteiger partial charge in [0.1, 0.15) is 21.8 Å². The molecule has 2 aromatic heterocycles. The topological polar surface area (TPSA) is 74.8 Å². The number of amides is 2. The summed E-state index contributed by atoms with van der Waals surface area (Å²) in [4.78, 5) is 33.5. The number of hydrogen-bond acceptors (Lipinski definition) is 6. The third kappa shape index (κ3) is 3.18. The number of aromatic nitrogens is 1. The summed E-state index contributed by atoms with van der Waals surface area (Å²) < 4.78 is 20.6. The molecule has 4 heterocycles. The monoisotopic (exact) mass is 538 g/mol. The number of halogens is 2. The van der Waals surface area contributed by atoms with Gasteiger partial charge in [-0.3, -0.25) is 4.79 Å². The van der Waals surface area contributed by atoms with Crippen molar-refractivity contribution in [1.29, 1.82) is 0 Å². The summed E-state index contributed by atoms with van der Waals surface area (Å²) in [5.74, 6) is -0.587. The Hall–Kier alpha value is -2.47. The fourth-order valence-corrected chi connectivity index (χ4v) is 5.36. The molecule has 3 aromatic rings. The minimum absolute atomic E-state index is 0.158. The van der Waals surface area contributed by atoms with Gasteiger partial charge in [-0.05, 0) is 52.9 Å². The summed E-state index contributed by atoms with van der Waals surface area (Å²) in [5, 5.41) is 4.33. The third-order valence-electron chi connectivity index (χ3n) is 5.42. The Morgan fingerprint density at radius 1 is 1.37 bits per heavy atom. The molecule has 0 radical (unpaired) electrons. The van der Waals surface area contributed by atoms with Gasteiger partial charge < -0.3 is 19.9 Å². The lowest BCUT2D eigenvalue weighted by molar-refractivity contribution is 0.0736. The van der Waals surface area contributed by atoms with E-state index in [4.69, 9.17) is 4.74 Å². The van der Waals surface area contributed by atoms with E-state index in [2.05, 4.69) is 10.3 Å². The quantitative estimate of drug-likeness (QED) is 0.510. The summed E-state index contributed by atoms with van der Waals surface area (Å²) in [5.41, 5.74) is 0.748. The van der Waals surface area contributed by atoms with Crippen molar-refractivity contribution in [3.05, 3.63) is 51.5 Å². The van der Waals surface area contributed by atoms with E-state index in [0.29, 0.717) is 39.6 Å². The fourth-order valence-electron chi connectivity index (χ4n) is 3.86. The van der Waals surface area contributed by atoms with E-state index in [1.807, 2.05) is 28.7 Å². The first-order valence-electron chi connectivity index (χ1n) is 9.24. The predicted molar refractivity (Wildman–Crippen MR) is 120 cm³/mol. The number of nitrogens with one attached hydrogen (secondary N) is 1. The zero-order chi connectivity index (χ0) is 21.0. The molecule has 10 heteroatoms. The van der Waals surface area contributed by atoms with E-state index in [-0.39, 0.29) is 24.1 Å². The van der Waals surface area contributed by atoms with Gasteiger partial charge in [0, 0.05) is 28.7 Å². The number of benzene rings is 1. The second-order valence-corrected chi connectivity index (χ2v) is 9.47. The Labute approximate surface area is 189 Å². The Balaban J connectivity index is 1.51. The molecule has 0 bridgehead atoms. The largest absolute Gasteiger partial charge is 0.442 e. The van der Waals surface area contributed by atoms with Crippen molar-refractivity contribution in [2.24, 2.45) is 0 Å². The highest BCUT2D eigenvalue weighted by Gasteiger charge is 2.47. The Morgan fingerprint density at radius 2 is 2.20 bits per heavy atom. The Morgan fingerprint density at radius 3 is 2.97 bits per heavy atom. The zero-order valence-electron chi connectivity index (χ0n) is 15.8. The maximum Gasteiger partial charge on any atom is 0.410 e. The number of fused-ring (bicyclic) bond motifs is 2. The van der Waals surface area contributed by atoms with Crippen LogP contribution in [0.25, 0.3) is 10.2 Å². The number of anilines is 2. The van der Waals surface area contributed by atoms with Crippen LogP contribution in [0.1, 0.15) is 10.4 Å². The van der Waals surface area contributed by atoms with Crippen LogP contribution in [-0.2, 0) is 4.74 Å². The second kappa shape index (κ2) is 7.34. The van der Waals surface area contributed by atoms with Crippen molar-refractivity contribution in [1.82, 2.24) is 14.8 Å². The van der Waals surface area contributed by atoms with Crippen LogP contribution in [0.15, 0.2) is 36.5 Å². The Kier molecular flexibility index (Phi) is 4.77. The average molecular weight is 538 g/mol. The van der Waals surface area contributed by atoms with Crippen molar-refractivity contribution in [3.63, 3.8) is 0 Å². The number of likely N-dealkylation sites (N-methyl/N-ethyl adjacent to an activating group) is 1. The number of pyridine rings is 1. The highest BCUT2D eigenvalue weighted by molar-refractivity contribution is 14.1. The number of carbonyl (C=O) groups excluding carboxylic acids is 2. The lowest BCUT2D eigenvalue weighted by Gasteiger charge is -2.20. The lowest BCUT2D eigenvalue weighted by Crippen LogP contribution is -2.36. The molecule has 5 rings (SSSR count). The predicted octanol–water partition coefficient (Wildman–Crippen LogP) is 4.06. The van der Waals surface area contributed by atoms with Gasteiger partial charge in [0.2, 0.25) is 0 Å². The highest BCUT2D eigenvalue weighted by Crippen LogP contribution is 2.39. The number of likely N-dealkylation sites (tertiary alicyclic amines) is 1. The van der Waals surface area contributed by atoms with Gasteiger partial charge in [-0.25, -0.2) is 14.2 Å². The minimum atomic E-state index is -0.394. The summed E-state index contributed by atoms with van der Waals surface area (Å²) >= 11 is 3.35. The van der Waals surface area contributed by atoms with Gasteiger partial charge in [-0.15, -0.1) is 0 Å². The van der Waals surface area contributed by atoms with Crippen molar-refractivity contribution < 1.29 is 18.7 Å². The molecule has 0 aliphatic carbocycles. The van der Waals surface area contributed by atoms with E-state index in [9.17, 15) is 14.0 Å². The van der Waals surface area contributed by atoms with E-state index < -0.39 is 5.82 Å². The van der Waals surface area contributed by atoms with Gasteiger partial charge in [0.15, 0.2) is 0 Å². The minimum Gasteiger partial charge on any atom is -0.442 e. The number of hydrogen-bond donors (Lipinski definition) is 1. The molecule has 1 aromatic carbocycles. The van der Waals surface area contributed by atoms with Crippen LogP contribution in [0.4, 0.5) is 19.9 Å². The summed E-state index contributed by atoms with van der Waals surface area (Å²) in [7, 11) is 1.68. The summed E-state index contributed by atoms with van der Waals surface area (Å²) in [6.07, 6.45) is 0.968. The summed E-state index contributed by atoms with van der Waals surface area (Å²) in [6.45, 7) is 0.717. The van der Waals surface area contributed by atoms with E-state index in [1.54, 1.807) is 36.3 Å². The van der Waals surface area contributed by atoms with Crippen molar-refractivity contribution in [2.75, 3.05) is 25.5 Å². The molecular weight excluding hydrogens is 522 g/mol. The maximum absolute atomic E-state index is 14.4. The number of ether oxygens (including phenoxy) is 1. The van der Waals surface area contributed by atoms with Crippen LogP contribution in [-0.4, -0.2) is 59.1 Å². The van der Waals surface area contributed by atoms with E-state index in [1.165, 1.54) is 22.3 Å². The molecule has 2 saturated heterocycles. The molecular formula is C20H16FIN4O3S. The van der Waals surface area contributed by atoms with Crippen LogP contribution in [0.2, 0.25) is 0 Å². The number of nitrogens with zero attached hydrogens (tertiary/aromatic N) is 3. The van der Waals surface area contributed by atoms with Crippen LogP contribution in [0.5, 0.6) is 0 Å². The van der Waals surface area contributed by atoms with Crippen molar-refractivity contribution in [3.8, 4) is 0 Å². The van der Waals surface area contributed by atoms with Gasteiger partial charge in [0.05, 0.1) is 23.8 Å². The van der Waals surface area contributed by atoms with Crippen molar-refractivity contribution in [2.45, 2.75) is 12.1 Å². The average Bonchev–Trinajstić information content (AvgIpc) is 3.36. The van der Waals surface area contributed by atoms with Crippen LogP contribution < -0.4 is 5.32 Å². The van der Waals surface area contributed by atoms with Gasteiger partial charge >= 0.3 is 6.09 Å². The third-order valence-corrected chi connectivity index (χ3v) is 7.12. The van der Waals surface area contributed by atoms with Gasteiger partial charge in [-0.2, -0.15) is 0 Å². The first kappa shape index (κ1) is 19.5. The van der Waals surface area contributed by atoms with Crippen LogP contribution in [0.3, 0.4) is 0 Å². The van der Waals surface area contributed by atoms with E-state index in [0.717, 1.165) is 3.57 Å². The first-order chi connectivity index (χ1) is 14.4. The summed E-state index contributed by atoms with van der Waals surface area (Å²) in [6, 6.07) is 8.33. The SMILES string of the molecule is CN1C(=O)O[C@@H]2CN(C(=O)c3c(Nc4ccc(I)cc4F)sc4ncccc34)C[C@@H]21. The fraction of sp³-hybridized carbons (Fsp3) is 0.250. The number of carbonyl (C=O) groups is 2. The lowest BCUT2D eigenvalue weighted by atomic mass is 10.1. The van der Waals surface area contributed by atoms with Crippen LogP contribution in [0, 0.1) is 9.39 Å². The number of thiophene rings is 1. The molecule has 30 heavy (non-hydrogen) atoms. The normalized spacial score (nSPS) is 20.6. The standard InChI is InChI=1S/C20H16FIN4O3S/c1-25-14-8-26(9-15(14)29-20(25)28)19(27)16-11-3-2-6-23-17(11)30-18(16)24-13-5-4-10(22)7-12(13)21/h2-7,14-15,24H,8-9H2,1H3/t14-,15+/m0/s1. The van der Waals surface area contributed by atoms with Crippen LogP contribution >= 0.6 is 33.9 Å². The molecule has 154 valence electrons. The molecule has 1 N–H and O–H groups in total. The molecule has 0 unspecified atom stereocenters. The smallest absolute Gasteiger partial charge is 0.410 e. The Bertz CT molecular complexity index is 1190. The van der Waals surface area contributed by atoms with Crippen molar-refractivity contribution >= 4 is 66.8 Å². The maximum atomic E-state index is 14.4. The molecule has 2 aliphatic heterocycles. The molecule has 2 fully saturated rings. The van der Waals surface area contributed by atoms with Gasteiger partial charge in [-0.1, -0.05) is 11.3 Å².